The molecule has 0 amide bonds. The van der Waals surface area contributed by atoms with Gasteiger partial charge in [-0.05, 0) is 18.2 Å². The van der Waals surface area contributed by atoms with Crippen molar-refractivity contribution in [1.29, 1.82) is 5.26 Å². The average Bonchev–Trinajstić information content (AvgIpc) is 2.45. The van der Waals surface area contributed by atoms with E-state index in [0.717, 1.165) is 12.1 Å². The van der Waals surface area contributed by atoms with Crippen molar-refractivity contribution in [1.82, 2.24) is 0 Å². The van der Waals surface area contributed by atoms with Crippen molar-refractivity contribution in [2.45, 2.75) is 6.61 Å². The van der Waals surface area contributed by atoms with E-state index in [1.54, 1.807) is 24.3 Å². The summed E-state index contributed by atoms with van der Waals surface area (Å²) in [7, 11) is 0. The maximum Gasteiger partial charge on any atom is 0.338 e. The van der Waals surface area contributed by atoms with E-state index in [1.165, 1.54) is 6.07 Å². The third-order valence-corrected chi connectivity index (χ3v) is 2.70. The lowest BCUT2D eigenvalue weighted by atomic mass is 10.1. The second kappa shape index (κ2) is 5.85. The van der Waals surface area contributed by atoms with Gasteiger partial charge in [0.05, 0.1) is 17.2 Å². The fraction of sp³-hybridized carbons (Fsp3) is 0.0667. The molecule has 100 valence electrons. The van der Waals surface area contributed by atoms with Crippen LogP contribution in [-0.2, 0) is 6.61 Å². The Labute approximate surface area is 114 Å². The molecule has 0 unspecified atom stereocenters. The molecule has 0 fully saturated rings. The van der Waals surface area contributed by atoms with Crippen molar-refractivity contribution >= 4 is 5.97 Å². The Morgan fingerprint density at radius 2 is 2.05 bits per heavy atom. The number of benzene rings is 2. The second-order valence-electron chi connectivity index (χ2n) is 4.00. The second-order valence-corrected chi connectivity index (χ2v) is 4.00. The molecule has 0 bridgehead atoms. The SMILES string of the molecule is N#Cc1ccccc1COc1ccc(C(=O)O)c(F)c1. The van der Waals surface area contributed by atoms with Gasteiger partial charge in [0.1, 0.15) is 18.2 Å². The highest BCUT2D eigenvalue weighted by Crippen LogP contribution is 2.19. The number of nitriles is 1. The zero-order valence-corrected chi connectivity index (χ0v) is 10.3. The molecule has 0 atom stereocenters. The van der Waals surface area contributed by atoms with Gasteiger partial charge in [-0.15, -0.1) is 0 Å². The van der Waals surface area contributed by atoms with Crippen LogP contribution < -0.4 is 4.74 Å². The minimum Gasteiger partial charge on any atom is -0.489 e. The van der Waals surface area contributed by atoms with E-state index in [-0.39, 0.29) is 12.4 Å². The summed E-state index contributed by atoms with van der Waals surface area (Å²) in [4.78, 5) is 10.7. The Hall–Kier alpha value is -2.87. The van der Waals surface area contributed by atoms with E-state index < -0.39 is 17.3 Å². The van der Waals surface area contributed by atoms with Crippen molar-refractivity contribution in [3.8, 4) is 11.8 Å². The van der Waals surface area contributed by atoms with Crippen molar-refractivity contribution in [3.05, 3.63) is 65.0 Å². The van der Waals surface area contributed by atoms with Gasteiger partial charge in [0.2, 0.25) is 0 Å². The number of hydrogen-bond donors (Lipinski definition) is 1. The average molecular weight is 271 g/mol. The molecule has 0 heterocycles. The Morgan fingerprint density at radius 3 is 2.70 bits per heavy atom. The van der Waals surface area contributed by atoms with Crippen LogP contribution in [0.5, 0.6) is 5.75 Å². The lowest BCUT2D eigenvalue weighted by molar-refractivity contribution is 0.0692. The van der Waals surface area contributed by atoms with Gasteiger partial charge in [0.25, 0.3) is 0 Å². The molecule has 0 radical (unpaired) electrons. The first-order valence-electron chi connectivity index (χ1n) is 5.75. The van der Waals surface area contributed by atoms with Crippen LogP contribution in [0.25, 0.3) is 0 Å². The van der Waals surface area contributed by atoms with Crippen molar-refractivity contribution < 1.29 is 19.0 Å². The Balaban J connectivity index is 2.14. The monoisotopic (exact) mass is 271 g/mol. The highest BCUT2D eigenvalue weighted by Gasteiger charge is 2.11. The molecule has 0 aliphatic rings. The van der Waals surface area contributed by atoms with E-state index in [2.05, 4.69) is 0 Å². The predicted molar refractivity (Wildman–Crippen MR) is 68.8 cm³/mol. The van der Waals surface area contributed by atoms with E-state index in [9.17, 15) is 9.18 Å². The highest BCUT2D eigenvalue weighted by molar-refractivity contribution is 5.88. The van der Waals surface area contributed by atoms with Crippen LogP contribution in [0.3, 0.4) is 0 Å². The molecule has 4 nitrogen and oxygen atoms in total. The summed E-state index contributed by atoms with van der Waals surface area (Å²) in [5.41, 5.74) is 0.752. The fourth-order valence-corrected chi connectivity index (χ4v) is 1.68. The number of hydrogen-bond acceptors (Lipinski definition) is 3. The smallest absolute Gasteiger partial charge is 0.338 e. The van der Waals surface area contributed by atoms with E-state index in [4.69, 9.17) is 15.1 Å². The van der Waals surface area contributed by atoms with Gasteiger partial charge in [-0.25, -0.2) is 9.18 Å². The number of carboxylic acid groups (broad SMARTS) is 1. The summed E-state index contributed by atoms with van der Waals surface area (Å²) < 4.78 is 18.8. The first-order valence-corrected chi connectivity index (χ1v) is 5.75. The molecule has 0 saturated carbocycles. The van der Waals surface area contributed by atoms with E-state index in [1.807, 2.05) is 6.07 Å². The summed E-state index contributed by atoms with van der Waals surface area (Å²) in [5.74, 6) is -1.98. The van der Waals surface area contributed by atoms with Gasteiger partial charge in [-0.1, -0.05) is 18.2 Å². The topological polar surface area (TPSA) is 70.3 Å². The van der Waals surface area contributed by atoms with Crippen LogP contribution >= 0.6 is 0 Å². The molecule has 1 N–H and O–H groups in total. The quantitative estimate of drug-likeness (QED) is 0.928. The molecule has 0 aliphatic carbocycles. The molecule has 2 rings (SSSR count). The lowest BCUT2D eigenvalue weighted by Gasteiger charge is -2.08. The molecule has 0 saturated heterocycles. The largest absolute Gasteiger partial charge is 0.489 e. The highest BCUT2D eigenvalue weighted by atomic mass is 19.1. The molecule has 20 heavy (non-hydrogen) atoms. The molecule has 2 aromatic carbocycles. The summed E-state index contributed by atoms with van der Waals surface area (Å²) in [6.07, 6.45) is 0. The molecule has 0 spiro atoms. The minimum atomic E-state index is -1.33. The molecule has 2 aromatic rings. The van der Waals surface area contributed by atoms with Crippen LogP contribution in [0.1, 0.15) is 21.5 Å². The van der Waals surface area contributed by atoms with Crippen molar-refractivity contribution in [3.63, 3.8) is 0 Å². The fourth-order valence-electron chi connectivity index (χ4n) is 1.68. The maximum absolute atomic E-state index is 13.5. The number of rotatable bonds is 4. The molecular weight excluding hydrogens is 261 g/mol. The standard InChI is InChI=1S/C15H10FNO3/c16-14-7-12(5-6-13(14)15(18)19)20-9-11-4-2-1-3-10(11)8-17/h1-7H,9H2,(H,18,19). The van der Waals surface area contributed by atoms with E-state index in [0.29, 0.717) is 11.1 Å². The van der Waals surface area contributed by atoms with Crippen LogP contribution in [0.15, 0.2) is 42.5 Å². The third kappa shape index (κ3) is 2.93. The lowest BCUT2D eigenvalue weighted by Crippen LogP contribution is -2.02. The van der Waals surface area contributed by atoms with Crippen LogP contribution in [-0.4, -0.2) is 11.1 Å². The third-order valence-electron chi connectivity index (χ3n) is 2.70. The summed E-state index contributed by atoms with van der Waals surface area (Å²) in [6, 6.07) is 12.5. The first-order chi connectivity index (χ1) is 9.61. The van der Waals surface area contributed by atoms with Crippen LogP contribution in [0.2, 0.25) is 0 Å². The summed E-state index contributed by atoms with van der Waals surface area (Å²) >= 11 is 0. The van der Waals surface area contributed by atoms with Crippen molar-refractivity contribution in [2.24, 2.45) is 0 Å². The zero-order chi connectivity index (χ0) is 14.5. The van der Waals surface area contributed by atoms with Gasteiger partial charge in [0, 0.05) is 11.6 Å². The van der Waals surface area contributed by atoms with Gasteiger partial charge < -0.3 is 9.84 Å². The van der Waals surface area contributed by atoms with Crippen LogP contribution in [0.4, 0.5) is 4.39 Å². The Bertz CT molecular complexity index is 692. The normalized spacial score (nSPS) is 9.80. The van der Waals surface area contributed by atoms with Gasteiger partial charge in [0.15, 0.2) is 0 Å². The molecule has 0 aromatic heterocycles. The molecular formula is C15H10FNO3. The van der Waals surface area contributed by atoms with E-state index >= 15 is 0 Å². The van der Waals surface area contributed by atoms with Gasteiger partial charge in [-0.3, -0.25) is 0 Å². The summed E-state index contributed by atoms with van der Waals surface area (Å²) in [6.45, 7) is 0.107. The van der Waals surface area contributed by atoms with Gasteiger partial charge >= 0.3 is 5.97 Å². The first kappa shape index (κ1) is 13.6. The van der Waals surface area contributed by atoms with Crippen molar-refractivity contribution in [2.75, 3.05) is 0 Å². The Kier molecular flexibility index (Phi) is 3.96. The van der Waals surface area contributed by atoms with Crippen LogP contribution in [0, 0.1) is 17.1 Å². The Morgan fingerprint density at radius 1 is 1.30 bits per heavy atom. The minimum absolute atomic E-state index is 0.107. The number of nitrogens with zero attached hydrogens (tertiary/aromatic N) is 1. The number of carbonyl (C=O) groups is 1. The maximum atomic E-state index is 13.5. The number of carboxylic acids is 1. The van der Waals surface area contributed by atoms with Gasteiger partial charge in [-0.2, -0.15) is 5.26 Å². The predicted octanol–water partition coefficient (Wildman–Crippen LogP) is 2.97. The molecule has 5 heteroatoms. The zero-order valence-electron chi connectivity index (χ0n) is 10.3. The number of halogens is 1. The molecule has 0 aliphatic heterocycles. The number of aromatic carboxylic acids is 1. The summed E-state index contributed by atoms with van der Waals surface area (Å²) in [5, 5.41) is 17.6. The number of ether oxygens (including phenoxy) is 1.